The van der Waals surface area contributed by atoms with Gasteiger partial charge in [0, 0.05) is 17.1 Å². The van der Waals surface area contributed by atoms with Gasteiger partial charge in [0.05, 0.1) is 0 Å². The van der Waals surface area contributed by atoms with E-state index in [4.69, 9.17) is 23.1 Å². The van der Waals surface area contributed by atoms with Crippen LogP contribution in [0, 0.1) is 0 Å². The van der Waals surface area contributed by atoms with Gasteiger partial charge in [-0.25, -0.2) is 0 Å². The molecule has 78 valence electrons. The molecule has 1 aromatic rings. The van der Waals surface area contributed by atoms with Crippen molar-refractivity contribution < 1.29 is 0 Å². The van der Waals surface area contributed by atoms with E-state index < -0.39 is 0 Å². The first-order chi connectivity index (χ1) is 6.65. The van der Waals surface area contributed by atoms with Crippen LogP contribution in [0.1, 0.15) is 31.4 Å². The number of halogens is 1. The van der Waals surface area contributed by atoms with E-state index in [1.54, 1.807) is 0 Å². The fourth-order valence-corrected chi connectivity index (χ4v) is 1.57. The molecular weight excluding hydrogens is 196 g/mol. The number of nitrogens with two attached hydrogens (primary N) is 2. The molecule has 0 bridgehead atoms. The van der Waals surface area contributed by atoms with Crippen molar-refractivity contribution in [1.29, 1.82) is 0 Å². The van der Waals surface area contributed by atoms with Crippen LogP contribution in [0.2, 0.25) is 5.02 Å². The Bertz CT molecular complexity index is 271. The van der Waals surface area contributed by atoms with Gasteiger partial charge in [-0.15, -0.1) is 0 Å². The Kier molecular flexibility index (Phi) is 4.39. The molecule has 4 N–H and O–H groups in total. The molecule has 0 amide bonds. The van der Waals surface area contributed by atoms with Crippen LogP contribution in [0.15, 0.2) is 24.3 Å². The van der Waals surface area contributed by atoms with Gasteiger partial charge >= 0.3 is 0 Å². The van der Waals surface area contributed by atoms with E-state index in [0.717, 1.165) is 23.4 Å². The fraction of sp³-hybridized carbons (Fsp3) is 0.455. The minimum atomic E-state index is -0.0905. The number of benzene rings is 1. The Morgan fingerprint density at radius 1 is 1.21 bits per heavy atom. The predicted molar refractivity (Wildman–Crippen MR) is 61.3 cm³/mol. The molecule has 0 saturated heterocycles. The average Bonchev–Trinajstić information content (AvgIpc) is 2.18. The third-order valence-corrected chi connectivity index (χ3v) is 2.59. The highest BCUT2D eigenvalue weighted by Crippen LogP contribution is 2.18. The molecule has 2 nitrogen and oxygen atoms in total. The van der Waals surface area contributed by atoms with Gasteiger partial charge < -0.3 is 11.5 Å². The van der Waals surface area contributed by atoms with E-state index in [1.165, 1.54) is 0 Å². The molecule has 3 heteroatoms. The van der Waals surface area contributed by atoms with E-state index in [2.05, 4.69) is 6.92 Å². The number of hydrogen-bond acceptors (Lipinski definition) is 2. The van der Waals surface area contributed by atoms with Gasteiger partial charge in [-0.05, 0) is 24.1 Å². The molecule has 1 rings (SSSR count). The summed E-state index contributed by atoms with van der Waals surface area (Å²) in [6, 6.07) is 7.49. The second-order valence-electron chi connectivity index (χ2n) is 3.53. The summed E-state index contributed by atoms with van der Waals surface area (Å²) < 4.78 is 0. The maximum Gasteiger partial charge on any atom is 0.0448 e. The zero-order chi connectivity index (χ0) is 10.6. The Morgan fingerprint density at radius 2 is 1.79 bits per heavy atom. The third-order valence-electron chi connectivity index (χ3n) is 2.34. The van der Waals surface area contributed by atoms with Gasteiger partial charge in [-0.1, -0.05) is 37.1 Å². The molecular formula is C11H17ClN2. The summed E-state index contributed by atoms with van der Waals surface area (Å²) in [4.78, 5) is 0. The van der Waals surface area contributed by atoms with Crippen molar-refractivity contribution in [3.63, 3.8) is 0 Å². The highest BCUT2D eigenvalue weighted by Gasteiger charge is 2.13. The van der Waals surface area contributed by atoms with Crippen LogP contribution in [0.25, 0.3) is 0 Å². The Balaban J connectivity index is 2.68. The van der Waals surface area contributed by atoms with Gasteiger partial charge in [0.1, 0.15) is 0 Å². The van der Waals surface area contributed by atoms with E-state index >= 15 is 0 Å². The molecule has 0 aliphatic carbocycles. The minimum absolute atomic E-state index is 0.0289. The SMILES string of the molecule is CCC[C@H](N)[C@H](N)c1ccc(Cl)cc1. The highest BCUT2D eigenvalue weighted by molar-refractivity contribution is 6.30. The summed E-state index contributed by atoms with van der Waals surface area (Å²) in [6.07, 6.45) is 2.01. The molecule has 0 radical (unpaired) electrons. The summed E-state index contributed by atoms with van der Waals surface area (Å²) in [5.74, 6) is 0. The summed E-state index contributed by atoms with van der Waals surface area (Å²) in [7, 11) is 0. The molecule has 2 atom stereocenters. The second kappa shape index (κ2) is 5.35. The van der Waals surface area contributed by atoms with Crippen LogP contribution in [-0.4, -0.2) is 6.04 Å². The van der Waals surface area contributed by atoms with Crippen LogP contribution in [0.3, 0.4) is 0 Å². The second-order valence-corrected chi connectivity index (χ2v) is 3.97. The zero-order valence-corrected chi connectivity index (χ0v) is 9.17. The number of rotatable bonds is 4. The molecule has 0 heterocycles. The van der Waals surface area contributed by atoms with Gasteiger partial charge in [0.15, 0.2) is 0 Å². The third kappa shape index (κ3) is 2.98. The normalized spacial score (nSPS) is 15.1. The molecule has 0 spiro atoms. The lowest BCUT2D eigenvalue weighted by atomic mass is 9.98. The summed E-state index contributed by atoms with van der Waals surface area (Å²) >= 11 is 5.79. The lowest BCUT2D eigenvalue weighted by Gasteiger charge is -2.19. The molecule has 14 heavy (non-hydrogen) atoms. The van der Waals surface area contributed by atoms with Crippen LogP contribution < -0.4 is 11.5 Å². The summed E-state index contributed by atoms with van der Waals surface area (Å²) in [5.41, 5.74) is 13.0. The first-order valence-electron chi connectivity index (χ1n) is 4.91. The number of hydrogen-bond donors (Lipinski definition) is 2. The lowest BCUT2D eigenvalue weighted by Crippen LogP contribution is -2.33. The predicted octanol–water partition coefficient (Wildman–Crippen LogP) is 2.47. The van der Waals surface area contributed by atoms with E-state index in [1.807, 2.05) is 24.3 Å². The zero-order valence-electron chi connectivity index (χ0n) is 8.41. The molecule has 1 aromatic carbocycles. The smallest absolute Gasteiger partial charge is 0.0448 e. The first kappa shape index (κ1) is 11.5. The summed E-state index contributed by atoms with van der Waals surface area (Å²) in [5, 5.41) is 0.727. The molecule has 0 unspecified atom stereocenters. The van der Waals surface area contributed by atoms with Crippen LogP contribution in [0.4, 0.5) is 0 Å². The van der Waals surface area contributed by atoms with Crippen molar-refractivity contribution in [3.8, 4) is 0 Å². The average molecular weight is 213 g/mol. The quantitative estimate of drug-likeness (QED) is 0.806. The maximum absolute atomic E-state index is 6.01. The van der Waals surface area contributed by atoms with Crippen LogP contribution >= 0.6 is 11.6 Å². The molecule has 0 saturated carbocycles. The van der Waals surface area contributed by atoms with Crippen LogP contribution in [-0.2, 0) is 0 Å². The van der Waals surface area contributed by atoms with Crippen molar-refractivity contribution in [2.75, 3.05) is 0 Å². The van der Waals surface area contributed by atoms with Crippen molar-refractivity contribution in [2.24, 2.45) is 11.5 Å². The topological polar surface area (TPSA) is 52.0 Å². The summed E-state index contributed by atoms with van der Waals surface area (Å²) in [6.45, 7) is 2.11. The molecule has 0 fully saturated rings. The largest absolute Gasteiger partial charge is 0.326 e. The first-order valence-corrected chi connectivity index (χ1v) is 5.29. The Labute approximate surface area is 90.2 Å². The Hall–Kier alpha value is -0.570. The standard InChI is InChI=1S/C11H17ClN2/c1-2-3-10(13)11(14)8-4-6-9(12)7-5-8/h4-7,10-11H,2-3,13-14H2,1H3/t10-,11+/m0/s1. The minimum Gasteiger partial charge on any atom is -0.326 e. The van der Waals surface area contributed by atoms with Crippen molar-refractivity contribution in [3.05, 3.63) is 34.9 Å². The lowest BCUT2D eigenvalue weighted by molar-refractivity contribution is 0.506. The van der Waals surface area contributed by atoms with Gasteiger partial charge in [-0.2, -0.15) is 0 Å². The van der Waals surface area contributed by atoms with E-state index in [0.29, 0.717) is 0 Å². The van der Waals surface area contributed by atoms with Gasteiger partial charge in [0.25, 0.3) is 0 Å². The van der Waals surface area contributed by atoms with Crippen molar-refractivity contribution in [2.45, 2.75) is 31.8 Å². The molecule has 0 aliphatic heterocycles. The highest BCUT2D eigenvalue weighted by atomic mass is 35.5. The Morgan fingerprint density at radius 3 is 2.29 bits per heavy atom. The van der Waals surface area contributed by atoms with E-state index in [9.17, 15) is 0 Å². The van der Waals surface area contributed by atoms with Crippen LogP contribution in [0.5, 0.6) is 0 Å². The van der Waals surface area contributed by atoms with Crippen molar-refractivity contribution in [1.82, 2.24) is 0 Å². The van der Waals surface area contributed by atoms with Crippen molar-refractivity contribution >= 4 is 11.6 Å². The van der Waals surface area contributed by atoms with Gasteiger partial charge in [0.2, 0.25) is 0 Å². The van der Waals surface area contributed by atoms with E-state index in [-0.39, 0.29) is 12.1 Å². The van der Waals surface area contributed by atoms with Gasteiger partial charge in [-0.3, -0.25) is 0 Å². The monoisotopic (exact) mass is 212 g/mol. The maximum atomic E-state index is 6.01. The molecule has 0 aliphatic rings. The molecule has 0 aromatic heterocycles. The fourth-order valence-electron chi connectivity index (χ4n) is 1.45.